The van der Waals surface area contributed by atoms with Crippen LogP contribution in [-0.4, -0.2) is 45.4 Å². The van der Waals surface area contributed by atoms with Crippen LogP contribution in [0.5, 0.6) is 0 Å². The Morgan fingerprint density at radius 2 is 2.15 bits per heavy atom. The van der Waals surface area contributed by atoms with Crippen LogP contribution in [0.3, 0.4) is 0 Å². The topological polar surface area (TPSA) is 121 Å². The SMILES string of the molecule is CC[C@H](On1nnc2ccc(C(=O)OC)cc21)C(=O)Nc1cc(C)on1. The lowest BCUT2D eigenvalue weighted by Gasteiger charge is -2.15. The Labute approximate surface area is 148 Å². The molecule has 10 heteroatoms. The Balaban J connectivity index is 1.81. The molecule has 136 valence electrons. The van der Waals surface area contributed by atoms with Crippen molar-refractivity contribution in [2.24, 2.45) is 0 Å². The molecule has 0 aliphatic carbocycles. The second-order valence-corrected chi connectivity index (χ2v) is 5.47. The number of rotatable bonds is 6. The summed E-state index contributed by atoms with van der Waals surface area (Å²) in [4.78, 5) is 30.8. The molecule has 0 bridgehead atoms. The first-order chi connectivity index (χ1) is 12.5. The lowest BCUT2D eigenvalue weighted by Crippen LogP contribution is -2.37. The van der Waals surface area contributed by atoms with Gasteiger partial charge in [-0.2, -0.15) is 0 Å². The van der Waals surface area contributed by atoms with Gasteiger partial charge in [-0.05, 0) is 36.8 Å². The number of anilines is 1. The number of hydrogen-bond acceptors (Lipinski definition) is 8. The Hall–Kier alpha value is -3.43. The summed E-state index contributed by atoms with van der Waals surface area (Å²) in [5.41, 5.74) is 1.28. The molecule has 1 aromatic carbocycles. The summed E-state index contributed by atoms with van der Waals surface area (Å²) in [5, 5.41) is 14.2. The van der Waals surface area contributed by atoms with E-state index >= 15 is 0 Å². The van der Waals surface area contributed by atoms with Crippen LogP contribution in [0.2, 0.25) is 0 Å². The van der Waals surface area contributed by atoms with E-state index in [0.29, 0.717) is 34.6 Å². The van der Waals surface area contributed by atoms with Crippen molar-refractivity contribution in [2.75, 3.05) is 12.4 Å². The number of ether oxygens (including phenoxy) is 1. The molecule has 0 aliphatic heterocycles. The number of aryl methyl sites for hydroxylation is 1. The van der Waals surface area contributed by atoms with E-state index in [1.807, 2.05) is 0 Å². The van der Waals surface area contributed by atoms with Crippen molar-refractivity contribution in [3.8, 4) is 0 Å². The standard InChI is InChI=1S/C16H17N5O5/c1-4-13(15(22)17-14-7-9(2)25-19-14)26-21-12-8-10(16(23)24-3)5-6-11(12)18-20-21/h5-8,13H,4H2,1-3H3,(H,17,19,22)/t13-/m0/s1. The molecule has 0 aliphatic rings. The molecule has 1 atom stereocenters. The molecular formula is C16H17N5O5. The van der Waals surface area contributed by atoms with Crippen molar-refractivity contribution in [1.29, 1.82) is 0 Å². The molecule has 0 fully saturated rings. The molecule has 0 spiro atoms. The van der Waals surface area contributed by atoms with Gasteiger partial charge in [-0.15, -0.1) is 5.10 Å². The molecule has 3 aromatic rings. The van der Waals surface area contributed by atoms with Gasteiger partial charge in [0.2, 0.25) is 6.10 Å². The number of carbonyl (C=O) groups is 2. The number of esters is 1. The maximum atomic E-state index is 12.4. The molecule has 2 aromatic heterocycles. The highest BCUT2D eigenvalue weighted by Crippen LogP contribution is 2.15. The van der Waals surface area contributed by atoms with Gasteiger partial charge in [-0.1, -0.05) is 16.9 Å². The fourth-order valence-corrected chi connectivity index (χ4v) is 2.28. The highest BCUT2D eigenvalue weighted by atomic mass is 16.7. The van der Waals surface area contributed by atoms with Gasteiger partial charge >= 0.3 is 5.97 Å². The average molecular weight is 359 g/mol. The Morgan fingerprint density at radius 1 is 1.35 bits per heavy atom. The van der Waals surface area contributed by atoms with Crippen LogP contribution in [0.25, 0.3) is 11.0 Å². The normalized spacial score (nSPS) is 12.0. The molecule has 1 amide bonds. The van der Waals surface area contributed by atoms with Crippen LogP contribution < -0.4 is 10.2 Å². The number of carbonyl (C=O) groups excluding carboxylic acids is 2. The van der Waals surface area contributed by atoms with E-state index in [0.717, 1.165) is 4.85 Å². The van der Waals surface area contributed by atoms with E-state index in [-0.39, 0.29) is 0 Å². The number of fused-ring (bicyclic) bond motifs is 1. The van der Waals surface area contributed by atoms with Crippen LogP contribution >= 0.6 is 0 Å². The van der Waals surface area contributed by atoms with Crippen molar-refractivity contribution in [1.82, 2.24) is 20.3 Å². The summed E-state index contributed by atoms with van der Waals surface area (Å²) in [5.74, 6) is -0.0303. The zero-order valence-corrected chi connectivity index (χ0v) is 14.4. The molecule has 0 unspecified atom stereocenters. The second kappa shape index (κ2) is 7.21. The number of nitrogens with one attached hydrogen (secondary N) is 1. The molecule has 26 heavy (non-hydrogen) atoms. The molecule has 2 heterocycles. The van der Waals surface area contributed by atoms with E-state index in [1.54, 1.807) is 32.0 Å². The van der Waals surface area contributed by atoms with Gasteiger partial charge in [0.15, 0.2) is 5.82 Å². The van der Waals surface area contributed by atoms with Gasteiger partial charge in [-0.25, -0.2) is 4.79 Å². The predicted molar refractivity (Wildman–Crippen MR) is 89.4 cm³/mol. The molecular weight excluding hydrogens is 342 g/mol. The summed E-state index contributed by atoms with van der Waals surface area (Å²) in [7, 11) is 1.29. The third-order valence-electron chi connectivity index (χ3n) is 3.61. The third kappa shape index (κ3) is 3.48. The van der Waals surface area contributed by atoms with Crippen LogP contribution in [0.15, 0.2) is 28.8 Å². The van der Waals surface area contributed by atoms with Crippen LogP contribution in [-0.2, 0) is 9.53 Å². The minimum absolute atomic E-state index is 0.297. The summed E-state index contributed by atoms with van der Waals surface area (Å²) in [6.45, 7) is 3.51. The van der Waals surface area contributed by atoms with E-state index < -0.39 is 18.0 Å². The smallest absolute Gasteiger partial charge is 0.337 e. The predicted octanol–water partition coefficient (Wildman–Crippen LogP) is 1.36. The number of nitrogens with zero attached hydrogens (tertiary/aromatic N) is 4. The fraction of sp³-hybridized carbons (Fsp3) is 0.312. The summed E-state index contributed by atoms with van der Waals surface area (Å²) < 4.78 is 9.61. The van der Waals surface area contributed by atoms with Crippen molar-refractivity contribution in [3.05, 3.63) is 35.6 Å². The van der Waals surface area contributed by atoms with Gasteiger partial charge in [0.1, 0.15) is 16.8 Å². The first-order valence-electron chi connectivity index (χ1n) is 7.87. The van der Waals surface area contributed by atoms with Crippen LogP contribution in [0.1, 0.15) is 29.5 Å². The van der Waals surface area contributed by atoms with Crippen molar-refractivity contribution < 1.29 is 23.7 Å². The molecule has 1 N–H and O–H groups in total. The Morgan fingerprint density at radius 3 is 2.81 bits per heavy atom. The molecule has 0 radical (unpaired) electrons. The van der Waals surface area contributed by atoms with Gasteiger partial charge in [0.25, 0.3) is 5.91 Å². The van der Waals surface area contributed by atoms with E-state index in [9.17, 15) is 9.59 Å². The fourth-order valence-electron chi connectivity index (χ4n) is 2.28. The van der Waals surface area contributed by atoms with Gasteiger partial charge in [-0.3, -0.25) is 4.79 Å². The molecule has 10 nitrogen and oxygen atoms in total. The Kier molecular flexibility index (Phi) is 4.83. The third-order valence-corrected chi connectivity index (χ3v) is 3.61. The highest BCUT2D eigenvalue weighted by Gasteiger charge is 2.22. The van der Waals surface area contributed by atoms with Crippen molar-refractivity contribution >= 4 is 28.7 Å². The largest absolute Gasteiger partial charge is 0.465 e. The monoisotopic (exact) mass is 359 g/mol. The maximum Gasteiger partial charge on any atom is 0.337 e. The summed E-state index contributed by atoms with van der Waals surface area (Å²) >= 11 is 0. The summed E-state index contributed by atoms with van der Waals surface area (Å²) in [6.07, 6.45) is -0.473. The van der Waals surface area contributed by atoms with E-state index in [2.05, 4.69) is 20.8 Å². The average Bonchev–Trinajstić information content (AvgIpc) is 3.24. The first kappa shape index (κ1) is 17.4. The minimum atomic E-state index is -0.848. The number of methoxy groups -OCH3 is 1. The first-order valence-corrected chi connectivity index (χ1v) is 7.87. The number of amides is 1. The lowest BCUT2D eigenvalue weighted by molar-refractivity contribution is -0.128. The molecule has 0 saturated carbocycles. The number of benzene rings is 1. The van der Waals surface area contributed by atoms with Crippen LogP contribution in [0.4, 0.5) is 5.82 Å². The second-order valence-electron chi connectivity index (χ2n) is 5.47. The Bertz CT molecular complexity index is 948. The van der Waals surface area contributed by atoms with Crippen molar-refractivity contribution in [3.63, 3.8) is 0 Å². The summed E-state index contributed by atoms with van der Waals surface area (Å²) in [6, 6.07) is 6.32. The maximum absolute atomic E-state index is 12.4. The minimum Gasteiger partial charge on any atom is -0.465 e. The van der Waals surface area contributed by atoms with Crippen LogP contribution in [0, 0.1) is 6.92 Å². The number of hydrogen-bond donors (Lipinski definition) is 1. The molecule has 3 rings (SSSR count). The zero-order valence-electron chi connectivity index (χ0n) is 14.4. The number of aromatic nitrogens is 4. The lowest BCUT2D eigenvalue weighted by atomic mass is 10.2. The van der Waals surface area contributed by atoms with Crippen molar-refractivity contribution in [2.45, 2.75) is 26.4 Å². The van der Waals surface area contributed by atoms with Gasteiger partial charge in [0.05, 0.1) is 12.7 Å². The quantitative estimate of drug-likeness (QED) is 0.655. The van der Waals surface area contributed by atoms with Gasteiger partial charge < -0.3 is 19.4 Å². The van der Waals surface area contributed by atoms with Gasteiger partial charge in [0, 0.05) is 6.07 Å². The molecule has 0 saturated heterocycles. The van der Waals surface area contributed by atoms with E-state index in [1.165, 1.54) is 13.2 Å². The zero-order chi connectivity index (χ0) is 18.7. The highest BCUT2D eigenvalue weighted by molar-refractivity contribution is 5.94. The van der Waals surface area contributed by atoms with E-state index in [4.69, 9.17) is 14.1 Å².